The summed E-state index contributed by atoms with van der Waals surface area (Å²) >= 11 is 0. The third kappa shape index (κ3) is 3.15. The van der Waals surface area contributed by atoms with Crippen molar-refractivity contribution in [2.75, 3.05) is 20.0 Å². The third-order valence-corrected chi connectivity index (χ3v) is 5.42. The topological polar surface area (TPSA) is 0 Å². The predicted molar refractivity (Wildman–Crippen MR) is 45.6 cm³/mol. The van der Waals surface area contributed by atoms with Gasteiger partial charge in [0.15, 0.2) is 0 Å². The third-order valence-electron chi connectivity index (χ3n) is 2.08. The van der Waals surface area contributed by atoms with E-state index in [1.165, 1.54) is 0 Å². The Balaban J connectivity index is 4.16. The fraction of sp³-hybridized carbons (Fsp3) is 1.00. The van der Waals surface area contributed by atoms with Gasteiger partial charge in [-0.05, 0) is 0 Å². The first kappa shape index (κ1) is 9.36. The van der Waals surface area contributed by atoms with Crippen molar-refractivity contribution in [1.29, 1.82) is 0 Å². The maximum absolute atomic E-state index is 13.6. The Kier molecular flexibility index (Phi) is 2.28. The van der Waals surface area contributed by atoms with Crippen LogP contribution in [0.25, 0.3) is 0 Å². The molecular weight excluding hydrogens is 134 g/mol. The van der Waals surface area contributed by atoms with E-state index in [1.807, 2.05) is 13.8 Å². The summed E-state index contributed by atoms with van der Waals surface area (Å²) in [4.78, 5) is 0. The van der Waals surface area contributed by atoms with Crippen molar-refractivity contribution in [2.24, 2.45) is 0 Å². The Morgan fingerprint density at radius 1 is 1.33 bits per heavy atom. The molecule has 0 N–H and O–H groups in total. The van der Waals surface area contributed by atoms with E-state index in [4.69, 9.17) is 0 Å². The molecule has 0 aromatic carbocycles. The fourth-order valence-corrected chi connectivity index (χ4v) is 1.85. The van der Waals surface area contributed by atoms with Crippen LogP contribution in [0.15, 0.2) is 0 Å². The minimum atomic E-state index is -2.71. The Morgan fingerprint density at radius 2 is 1.67 bits per heavy atom. The molecule has 0 saturated carbocycles. The number of rotatable bonds is 2. The molecule has 0 aromatic rings. The van der Waals surface area contributed by atoms with Gasteiger partial charge in [0.25, 0.3) is 0 Å². The predicted octanol–water partition coefficient (Wildman–Crippen LogP) is 3.11. The van der Waals surface area contributed by atoms with E-state index < -0.39 is 6.91 Å². The van der Waals surface area contributed by atoms with Gasteiger partial charge in [-0.1, -0.05) is 0 Å². The second-order valence-corrected chi connectivity index (χ2v) is 10.3. The summed E-state index contributed by atoms with van der Waals surface area (Å²) in [5, 5.41) is 0. The zero-order valence-electron chi connectivity index (χ0n) is 7.11. The van der Waals surface area contributed by atoms with Gasteiger partial charge < -0.3 is 0 Å². The molecule has 9 heavy (non-hydrogen) atoms. The minimum absolute atomic E-state index is 0.260. The zero-order chi connectivity index (χ0) is 7.73. The summed E-state index contributed by atoms with van der Waals surface area (Å²) in [5.41, 5.74) is 0.260. The normalized spacial score (nSPS) is 20.4. The van der Waals surface area contributed by atoms with Gasteiger partial charge in [0.05, 0.1) is 0 Å². The van der Waals surface area contributed by atoms with Gasteiger partial charge in [0.1, 0.15) is 0 Å². The monoisotopic (exact) mass is 152 g/mol. The van der Waals surface area contributed by atoms with E-state index >= 15 is 0 Å². The number of hydrogen-bond acceptors (Lipinski definition) is 0. The van der Waals surface area contributed by atoms with Crippen LogP contribution >= 0.6 is 6.91 Å². The van der Waals surface area contributed by atoms with Crippen LogP contribution in [-0.4, -0.2) is 25.7 Å². The van der Waals surface area contributed by atoms with Crippen molar-refractivity contribution >= 4 is 6.91 Å². The summed E-state index contributed by atoms with van der Waals surface area (Å²) in [5.74, 6) is 0. The molecule has 0 aliphatic rings. The van der Waals surface area contributed by atoms with Crippen molar-refractivity contribution < 1.29 is 4.20 Å². The van der Waals surface area contributed by atoms with Crippen molar-refractivity contribution in [3.8, 4) is 0 Å². The number of hydrogen-bond donors (Lipinski definition) is 0. The van der Waals surface area contributed by atoms with E-state index in [0.29, 0.717) is 0 Å². The van der Waals surface area contributed by atoms with Gasteiger partial charge in [-0.15, -0.1) is 0 Å². The standard InChI is InChI=1S/C7H18FP/c1-6-7(2)9(3,4,5)8/h7H,6H2,1-5H3. The first-order valence-electron chi connectivity index (χ1n) is 3.46. The van der Waals surface area contributed by atoms with Crippen LogP contribution in [0.1, 0.15) is 20.3 Å². The fourth-order valence-electron chi connectivity index (χ4n) is 0.617. The van der Waals surface area contributed by atoms with Gasteiger partial charge in [0, 0.05) is 0 Å². The summed E-state index contributed by atoms with van der Waals surface area (Å²) < 4.78 is 13.6. The first-order chi connectivity index (χ1) is 3.74. The van der Waals surface area contributed by atoms with Crippen molar-refractivity contribution in [1.82, 2.24) is 0 Å². The van der Waals surface area contributed by atoms with Gasteiger partial charge in [-0.2, -0.15) is 0 Å². The Morgan fingerprint density at radius 3 is 1.67 bits per heavy atom. The van der Waals surface area contributed by atoms with Gasteiger partial charge in [-0.25, -0.2) is 0 Å². The average Bonchev–Trinajstić information content (AvgIpc) is 1.60. The van der Waals surface area contributed by atoms with Crippen LogP contribution in [0.2, 0.25) is 0 Å². The van der Waals surface area contributed by atoms with E-state index in [2.05, 4.69) is 0 Å². The van der Waals surface area contributed by atoms with E-state index in [9.17, 15) is 4.20 Å². The van der Waals surface area contributed by atoms with Crippen molar-refractivity contribution in [3.63, 3.8) is 0 Å². The summed E-state index contributed by atoms with van der Waals surface area (Å²) in [6.45, 7) is 6.66. The van der Waals surface area contributed by atoms with Crippen LogP contribution in [0.5, 0.6) is 0 Å². The second kappa shape index (κ2) is 2.20. The molecule has 0 saturated heterocycles. The molecule has 1 atom stereocenters. The SMILES string of the molecule is CCC(C)P(C)(C)(C)F. The zero-order valence-corrected chi connectivity index (χ0v) is 8.00. The summed E-state index contributed by atoms with van der Waals surface area (Å²) in [6, 6.07) is 0. The molecule has 58 valence electrons. The first-order valence-corrected chi connectivity index (χ1v) is 7.00. The molecule has 0 heterocycles. The molecule has 0 spiro atoms. The molecule has 0 aliphatic heterocycles. The quantitative estimate of drug-likeness (QED) is 0.533. The Hall–Kier alpha value is 0.360. The molecular formula is C7H18FP. The molecule has 0 amide bonds. The molecule has 0 aromatic heterocycles. The molecule has 0 nitrogen and oxygen atoms in total. The van der Waals surface area contributed by atoms with Crippen molar-refractivity contribution in [3.05, 3.63) is 0 Å². The van der Waals surface area contributed by atoms with E-state index in [1.54, 1.807) is 20.0 Å². The number of halogens is 1. The average molecular weight is 152 g/mol. The van der Waals surface area contributed by atoms with Gasteiger partial charge in [-0.3, -0.25) is 0 Å². The maximum atomic E-state index is 13.6. The molecule has 1 unspecified atom stereocenters. The van der Waals surface area contributed by atoms with E-state index in [0.717, 1.165) is 6.42 Å². The van der Waals surface area contributed by atoms with Crippen LogP contribution in [0, 0.1) is 0 Å². The molecule has 0 radical (unpaired) electrons. The Bertz CT molecular complexity index is 92.0. The van der Waals surface area contributed by atoms with Crippen molar-refractivity contribution in [2.45, 2.75) is 25.9 Å². The van der Waals surface area contributed by atoms with Crippen LogP contribution in [-0.2, 0) is 0 Å². The van der Waals surface area contributed by atoms with E-state index in [-0.39, 0.29) is 5.66 Å². The van der Waals surface area contributed by atoms with Gasteiger partial charge in [0.2, 0.25) is 0 Å². The summed E-state index contributed by atoms with van der Waals surface area (Å²) in [7, 11) is 0. The molecule has 0 rings (SSSR count). The van der Waals surface area contributed by atoms with Gasteiger partial charge >= 0.3 is 57.0 Å². The molecule has 0 bridgehead atoms. The molecule has 0 aliphatic carbocycles. The Labute approximate surface area is 57.9 Å². The van der Waals surface area contributed by atoms with Crippen LogP contribution in [0.4, 0.5) is 4.20 Å². The van der Waals surface area contributed by atoms with Crippen LogP contribution in [0.3, 0.4) is 0 Å². The molecule has 2 heteroatoms. The summed E-state index contributed by atoms with van der Waals surface area (Å²) in [6.07, 6.45) is 0.956. The molecule has 0 fully saturated rings. The second-order valence-electron chi connectivity index (χ2n) is 3.98. The van der Waals surface area contributed by atoms with Crippen LogP contribution < -0.4 is 0 Å².